The Labute approximate surface area is 135 Å². The molecule has 1 amide bonds. The molecule has 0 fully saturated rings. The number of halogens is 1. The third-order valence-electron chi connectivity index (χ3n) is 2.63. The zero-order chi connectivity index (χ0) is 16.2. The number of amides is 1. The van der Waals surface area contributed by atoms with Crippen molar-refractivity contribution in [2.24, 2.45) is 0 Å². The number of methoxy groups -OCH3 is 1. The van der Waals surface area contributed by atoms with Gasteiger partial charge in [-0.2, -0.15) is 0 Å². The highest BCUT2D eigenvalue weighted by molar-refractivity contribution is 9.10. The van der Waals surface area contributed by atoms with Gasteiger partial charge in [-0.25, -0.2) is 8.42 Å². The van der Waals surface area contributed by atoms with Gasteiger partial charge < -0.3 is 4.74 Å². The van der Waals surface area contributed by atoms with Gasteiger partial charge in [-0.3, -0.25) is 15.2 Å². The fourth-order valence-corrected chi connectivity index (χ4v) is 3.11. The molecule has 116 valence electrons. The maximum Gasteiger partial charge on any atom is 0.284 e. The number of benzene rings is 1. The Hall–Kier alpha value is -1.97. The highest BCUT2D eigenvalue weighted by atomic mass is 79.9. The first-order valence-corrected chi connectivity index (χ1v) is 8.28. The number of hydrazine groups is 1. The lowest BCUT2D eigenvalue weighted by molar-refractivity contribution is 0.0940. The van der Waals surface area contributed by atoms with Gasteiger partial charge in [0.2, 0.25) is 0 Å². The zero-order valence-electron chi connectivity index (χ0n) is 11.4. The molecule has 2 rings (SSSR count). The molecule has 1 heterocycles. The van der Waals surface area contributed by atoms with Gasteiger partial charge in [-0.05, 0) is 46.3 Å². The van der Waals surface area contributed by atoms with E-state index in [-0.39, 0.29) is 10.6 Å². The van der Waals surface area contributed by atoms with E-state index >= 15 is 0 Å². The van der Waals surface area contributed by atoms with Gasteiger partial charge in [-0.15, -0.1) is 4.83 Å². The lowest BCUT2D eigenvalue weighted by Gasteiger charge is -2.09. The van der Waals surface area contributed by atoms with Crippen LogP contribution in [-0.4, -0.2) is 26.4 Å². The van der Waals surface area contributed by atoms with Crippen LogP contribution in [0.3, 0.4) is 0 Å². The maximum absolute atomic E-state index is 12.1. The molecular formula is C13H12BrN3O4S. The highest BCUT2D eigenvalue weighted by Gasteiger charge is 2.17. The van der Waals surface area contributed by atoms with E-state index < -0.39 is 15.9 Å². The summed E-state index contributed by atoms with van der Waals surface area (Å²) in [6.07, 6.45) is 1.43. The summed E-state index contributed by atoms with van der Waals surface area (Å²) >= 11 is 3.20. The highest BCUT2D eigenvalue weighted by Crippen LogP contribution is 2.27. The largest absolute Gasteiger partial charge is 0.496 e. The minimum atomic E-state index is -3.91. The van der Waals surface area contributed by atoms with Crippen LogP contribution >= 0.6 is 15.9 Å². The average molecular weight is 386 g/mol. The number of nitrogens with zero attached hydrogens (tertiary/aromatic N) is 1. The van der Waals surface area contributed by atoms with Crippen LogP contribution in [0.4, 0.5) is 0 Å². The molecule has 0 unspecified atom stereocenters. The lowest BCUT2D eigenvalue weighted by atomic mass is 10.3. The molecule has 0 saturated carbocycles. The van der Waals surface area contributed by atoms with Crippen LogP contribution in [-0.2, 0) is 10.0 Å². The number of rotatable bonds is 5. The van der Waals surface area contributed by atoms with Gasteiger partial charge in [0.1, 0.15) is 11.4 Å². The zero-order valence-corrected chi connectivity index (χ0v) is 13.8. The third-order valence-corrected chi connectivity index (χ3v) is 4.50. The van der Waals surface area contributed by atoms with Gasteiger partial charge >= 0.3 is 0 Å². The van der Waals surface area contributed by atoms with Gasteiger partial charge in [0.25, 0.3) is 15.9 Å². The van der Waals surface area contributed by atoms with Crippen molar-refractivity contribution >= 4 is 31.9 Å². The molecule has 7 nitrogen and oxygen atoms in total. The molecular weight excluding hydrogens is 374 g/mol. The first-order chi connectivity index (χ1) is 10.4. The first kappa shape index (κ1) is 16.4. The summed E-state index contributed by atoms with van der Waals surface area (Å²) in [5, 5.41) is 0. The van der Waals surface area contributed by atoms with E-state index in [9.17, 15) is 13.2 Å². The number of pyridine rings is 1. The Balaban J connectivity index is 2.11. The molecule has 0 aliphatic rings. The third kappa shape index (κ3) is 3.81. The summed E-state index contributed by atoms with van der Waals surface area (Å²) in [5.74, 6) is -0.159. The predicted molar refractivity (Wildman–Crippen MR) is 82.7 cm³/mol. The number of sulfonamides is 1. The van der Waals surface area contributed by atoms with Crippen LogP contribution in [0.25, 0.3) is 0 Å². The molecule has 0 atom stereocenters. The number of carbonyl (C=O) groups excluding carboxylic acids is 1. The lowest BCUT2D eigenvalue weighted by Crippen LogP contribution is -2.41. The normalized spacial score (nSPS) is 11.0. The van der Waals surface area contributed by atoms with Crippen molar-refractivity contribution in [2.75, 3.05) is 7.11 Å². The molecule has 9 heteroatoms. The van der Waals surface area contributed by atoms with Crippen molar-refractivity contribution in [3.8, 4) is 5.75 Å². The number of hydrogen-bond donors (Lipinski definition) is 2. The number of hydrogen-bond acceptors (Lipinski definition) is 5. The maximum atomic E-state index is 12.1. The molecule has 0 spiro atoms. The minimum Gasteiger partial charge on any atom is -0.496 e. The van der Waals surface area contributed by atoms with Crippen molar-refractivity contribution in [3.63, 3.8) is 0 Å². The Morgan fingerprint density at radius 2 is 2.05 bits per heavy atom. The molecule has 22 heavy (non-hydrogen) atoms. The Kier molecular flexibility index (Phi) is 5.11. The molecule has 0 radical (unpaired) electrons. The molecule has 2 N–H and O–H groups in total. The molecule has 1 aromatic carbocycles. The van der Waals surface area contributed by atoms with Crippen LogP contribution in [0.2, 0.25) is 0 Å². The topological polar surface area (TPSA) is 97.4 Å². The molecule has 0 aliphatic carbocycles. The molecule has 0 bridgehead atoms. The van der Waals surface area contributed by atoms with Crippen molar-refractivity contribution < 1.29 is 17.9 Å². The van der Waals surface area contributed by atoms with Crippen molar-refractivity contribution in [1.29, 1.82) is 0 Å². The standard InChI is InChI=1S/C13H12BrN3O4S/c1-21-12-6-5-9(8-10(12)14)22(19,20)17-16-13(18)11-4-2-3-7-15-11/h2-8,17H,1H3,(H,16,18). The average Bonchev–Trinajstić information content (AvgIpc) is 2.53. The number of carbonyl (C=O) groups is 1. The summed E-state index contributed by atoms with van der Waals surface area (Å²) in [5.41, 5.74) is 2.20. The van der Waals surface area contributed by atoms with Crippen LogP contribution in [0.1, 0.15) is 10.5 Å². The van der Waals surface area contributed by atoms with E-state index in [1.807, 2.05) is 4.83 Å². The number of nitrogens with one attached hydrogen (secondary N) is 2. The first-order valence-electron chi connectivity index (χ1n) is 6.01. The van der Waals surface area contributed by atoms with E-state index in [0.29, 0.717) is 10.2 Å². The van der Waals surface area contributed by atoms with Crippen molar-refractivity contribution in [1.82, 2.24) is 15.2 Å². The monoisotopic (exact) mass is 385 g/mol. The fraction of sp³-hybridized carbons (Fsp3) is 0.0769. The molecule has 1 aromatic heterocycles. The number of aromatic nitrogens is 1. The van der Waals surface area contributed by atoms with Gasteiger partial charge in [0.15, 0.2) is 0 Å². The second-order valence-electron chi connectivity index (χ2n) is 4.07. The fourth-order valence-electron chi connectivity index (χ4n) is 1.55. The predicted octanol–water partition coefficient (Wildman–Crippen LogP) is 1.48. The van der Waals surface area contributed by atoms with Gasteiger partial charge in [0.05, 0.1) is 16.5 Å². The van der Waals surface area contributed by atoms with E-state index in [1.54, 1.807) is 12.1 Å². The van der Waals surface area contributed by atoms with E-state index in [4.69, 9.17) is 4.74 Å². The van der Waals surface area contributed by atoms with Crippen LogP contribution in [0, 0.1) is 0 Å². The van der Waals surface area contributed by atoms with E-state index in [0.717, 1.165) is 0 Å². The molecule has 2 aromatic rings. The summed E-state index contributed by atoms with van der Waals surface area (Å²) < 4.78 is 29.7. The SMILES string of the molecule is COc1ccc(S(=O)(=O)NNC(=O)c2ccccn2)cc1Br. The number of ether oxygens (including phenoxy) is 1. The summed E-state index contributed by atoms with van der Waals surface area (Å²) in [4.78, 5) is 17.6. The smallest absolute Gasteiger partial charge is 0.284 e. The van der Waals surface area contributed by atoms with Gasteiger partial charge in [-0.1, -0.05) is 6.07 Å². The second kappa shape index (κ2) is 6.86. The Bertz CT molecular complexity index is 781. The summed E-state index contributed by atoms with van der Waals surface area (Å²) in [6, 6.07) is 8.96. The molecule has 0 aliphatic heterocycles. The van der Waals surface area contributed by atoms with Gasteiger partial charge in [0, 0.05) is 6.20 Å². The Morgan fingerprint density at radius 1 is 1.27 bits per heavy atom. The summed E-state index contributed by atoms with van der Waals surface area (Å²) in [7, 11) is -2.43. The van der Waals surface area contributed by atoms with E-state index in [2.05, 4.69) is 26.3 Å². The Morgan fingerprint density at radius 3 is 2.64 bits per heavy atom. The molecule has 0 saturated heterocycles. The second-order valence-corrected chi connectivity index (χ2v) is 6.61. The summed E-state index contributed by atoms with van der Waals surface area (Å²) in [6.45, 7) is 0. The van der Waals surface area contributed by atoms with Crippen LogP contribution in [0.5, 0.6) is 5.75 Å². The van der Waals surface area contributed by atoms with Crippen LogP contribution < -0.4 is 15.0 Å². The van der Waals surface area contributed by atoms with Crippen molar-refractivity contribution in [2.45, 2.75) is 4.90 Å². The van der Waals surface area contributed by atoms with Crippen molar-refractivity contribution in [3.05, 3.63) is 52.8 Å². The van der Waals surface area contributed by atoms with Crippen LogP contribution in [0.15, 0.2) is 52.0 Å². The quantitative estimate of drug-likeness (QED) is 0.759. The minimum absolute atomic E-state index is 0.0264. The van der Waals surface area contributed by atoms with E-state index in [1.165, 1.54) is 37.6 Å².